The van der Waals surface area contributed by atoms with E-state index < -0.39 is 0 Å². The van der Waals surface area contributed by atoms with Gasteiger partial charge in [-0.15, -0.1) is 11.8 Å². The van der Waals surface area contributed by atoms with Gasteiger partial charge in [-0.1, -0.05) is 17.3 Å². The quantitative estimate of drug-likeness (QED) is 0.841. The molecule has 2 aromatic rings. The van der Waals surface area contributed by atoms with Gasteiger partial charge in [-0.3, -0.25) is 0 Å². The summed E-state index contributed by atoms with van der Waals surface area (Å²) in [6, 6.07) is 8.88. The van der Waals surface area contributed by atoms with Gasteiger partial charge in [0.1, 0.15) is 5.76 Å². The molecular weight excluding hydrogens is 256 g/mol. The van der Waals surface area contributed by atoms with Gasteiger partial charge >= 0.3 is 0 Å². The fourth-order valence-electron chi connectivity index (χ4n) is 2.22. The Bertz CT molecular complexity index is 514. The topological polar surface area (TPSA) is 38.1 Å². The van der Waals surface area contributed by atoms with Crippen LogP contribution < -0.4 is 5.32 Å². The summed E-state index contributed by atoms with van der Waals surface area (Å²) in [7, 11) is 0. The van der Waals surface area contributed by atoms with E-state index in [0.29, 0.717) is 0 Å². The SMILES string of the molecule is CSc1ccc(CNC(C)c2c(C)noc2C)cc1. The smallest absolute Gasteiger partial charge is 0.138 e. The molecule has 102 valence electrons. The van der Waals surface area contributed by atoms with Gasteiger partial charge < -0.3 is 9.84 Å². The monoisotopic (exact) mass is 276 g/mol. The minimum Gasteiger partial charge on any atom is -0.361 e. The van der Waals surface area contributed by atoms with Gasteiger partial charge in [0.05, 0.1) is 5.69 Å². The molecule has 0 fully saturated rings. The van der Waals surface area contributed by atoms with E-state index in [1.165, 1.54) is 16.0 Å². The Kier molecular flexibility index (Phi) is 4.66. The van der Waals surface area contributed by atoms with E-state index in [4.69, 9.17) is 4.52 Å². The van der Waals surface area contributed by atoms with Crippen molar-refractivity contribution in [1.82, 2.24) is 10.5 Å². The van der Waals surface area contributed by atoms with Gasteiger partial charge in [0.2, 0.25) is 0 Å². The second-order valence-corrected chi connectivity index (χ2v) is 5.57. The number of nitrogens with one attached hydrogen (secondary N) is 1. The number of aryl methyl sites for hydroxylation is 2. The van der Waals surface area contributed by atoms with Crippen LogP contribution in [0, 0.1) is 13.8 Å². The maximum Gasteiger partial charge on any atom is 0.138 e. The Morgan fingerprint density at radius 1 is 1.26 bits per heavy atom. The molecule has 0 spiro atoms. The molecule has 4 heteroatoms. The number of thioether (sulfide) groups is 1. The molecule has 1 atom stereocenters. The van der Waals surface area contributed by atoms with Gasteiger partial charge in [-0.25, -0.2) is 0 Å². The standard InChI is InChI=1S/C15H20N2OS/c1-10(15-11(2)17-18-12(15)3)16-9-13-5-7-14(19-4)8-6-13/h5-8,10,16H,9H2,1-4H3. The largest absolute Gasteiger partial charge is 0.361 e. The van der Waals surface area contributed by atoms with Gasteiger partial charge in [0.25, 0.3) is 0 Å². The van der Waals surface area contributed by atoms with E-state index in [-0.39, 0.29) is 6.04 Å². The minimum atomic E-state index is 0.242. The zero-order valence-electron chi connectivity index (χ0n) is 11.9. The fourth-order valence-corrected chi connectivity index (χ4v) is 2.63. The lowest BCUT2D eigenvalue weighted by Crippen LogP contribution is -2.19. The van der Waals surface area contributed by atoms with Crippen molar-refractivity contribution in [1.29, 1.82) is 0 Å². The number of hydrogen-bond acceptors (Lipinski definition) is 4. The Labute approximate surface area is 118 Å². The summed E-state index contributed by atoms with van der Waals surface area (Å²) >= 11 is 1.76. The van der Waals surface area contributed by atoms with E-state index in [1.807, 2.05) is 13.8 Å². The summed E-state index contributed by atoms with van der Waals surface area (Å²) in [5, 5.41) is 7.51. The first-order valence-corrected chi connectivity index (χ1v) is 7.63. The first-order chi connectivity index (χ1) is 9.11. The zero-order valence-corrected chi connectivity index (χ0v) is 12.7. The van der Waals surface area contributed by atoms with E-state index >= 15 is 0 Å². The summed E-state index contributed by atoms with van der Waals surface area (Å²) < 4.78 is 5.21. The predicted molar refractivity (Wildman–Crippen MR) is 79.5 cm³/mol. The highest BCUT2D eigenvalue weighted by atomic mass is 32.2. The van der Waals surface area contributed by atoms with Crippen molar-refractivity contribution in [2.75, 3.05) is 6.26 Å². The number of aromatic nitrogens is 1. The number of benzene rings is 1. The lowest BCUT2D eigenvalue weighted by Gasteiger charge is -2.13. The molecule has 1 aromatic heterocycles. The molecule has 19 heavy (non-hydrogen) atoms. The first kappa shape index (κ1) is 14.2. The molecule has 0 radical (unpaired) electrons. The van der Waals surface area contributed by atoms with Gasteiger partial charge in [0, 0.05) is 23.0 Å². The second kappa shape index (κ2) is 6.26. The highest BCUT2D eigenvalue weighted by Crippen LogP contribution is 2.21. The zero-order chi connectivity index (χ0) is 13.8. The number of rotatable bonds is 5. The van der Waals surface area contributed by atoms with Crippen LogP contribution in [0.25, 0.3) is 0 Å². The maximum atomic E-state index is 5.21. The maximum absolute atomic E-state index is 5.21. The second-order valence-electron chi connectivity index (χ2n) is 4.69. The van der Waals surface area contributed by atoms with Crippen molar-refractivity contribution >= 4 is 11.8 Å². The minimum absolute atomic E-state index is 0.242. The van der Waals surface area contributed by atoms with Crippen LogP contribution in [-0.2, 0) is 6.54 Å². The van der Waals surface area contributed by atoms with Crippen molar-refractivity contribution in [3.63, 3.8) is 0 Å². The van der Waals surface area contributed by atoms with Crippen LogP contribution >= 0.6 is 11.8 Å². The molecule has 0 aliphatic rings. The molecule has 1 unspecified atom stereocenters. The summed E-state index contributed by atoms with van der Waals surface area (Å²) in [4.78, 5) is 1.29. The normalized spacial score (nSPS) is 12.6. The third-order valence-corrected chi connectivity index (χ3v) is 4.04. The van der Waals surface area contributed by atoms with Crippen molar-refractivity contribution in [2.45, 2.75) is 38.3 Å². The fraction of sp³-hybridized carbons (Fsp3) is 0.400. The van der Waals surface area contributed by atoms with E-state index in [9.17, 15) is 0 Å². The van der Waals surface area contributed by atoms with Crippen LogP contribution in [0.1, 0.15) is 35.5 Å². The average Bonchev–Trinajstić information content (AvgIpc) is 2.76. The third-order valence-electron chi connectivity index (χ3n) is 3.29. The number of nitrogens with zero attached hydrogens (tertiary/aromatic N) is 1. The first-order valence-electron chi connectivity index (χ1n) is 6.41. The van der Waals surface area contributed by atoms with Crippen LogP contribution in [0.5, 0.6) is 0 Å². The van der Waals surface area contributed by atoms with Gasteiger partial charge in [-0.05, 0) is 44.7 Å². The molecule has 0 saturated carbocycles. The molecule has 0 bridgehead atoms. The molecule has 0 saturated heterocycles. The molecule has 0 aliphatic carbocycles. The summed E-state index contributed by atoms with van der Waals surface area (Å²) in [5.41, 5.74) is 3.42. The Balaban J connectivity index is 1.98. The van der Waals surface area contributed by atoms with Crippen molar-refractivity contribution in [3.8, 4) is 0 Å². The average molecular weight is 276 g/mol. The summed E-state index contributed by atoms with van der Waals surface area (Å²) in [5.74, 6) is 0.898. The van der Waals surface area contributed by atoms with E-state index in [0.717, 1.165) is 18.0 Å². The van der Waals surface area contributed by atoms with E-state index in [2.05, 4.69) is 47.9 Å². The Hall–Kier alpha value is -1.26. The molecule has 1 heterocycles. The Morgan fingerprint density at radius 2 is 1.95 bits per heavy atom. The van der Waals surface area contributed by atoms with Crippen molar-refractivity contribution in [3.05, 3.63) is 46.8 Å². The lowest BCUT2D eigenvalue weighted by atomic mass is 10.1. The molecule has 1 N–H and O–H groups in total. The van der Waals surface area contributed by atoms with Crippen LogP contribution in [-0.4, -0.2) is 11.4 Å². The van der Waals surface area contributed by atoms with E-state index in [1.54, 1.807) is 11.8 Å². The van der Waals surface area contributed by atoms with Crippen molar-refractivity contribution in [2.24, 2.45) is 0 Å². The van der Waals surface area contributed by atoms with Crippen LogP contribution in [0.15, 0.2) is 33.7 Å². The molecule has 3 nitrogen and oxygen atoms in total. The van der Waals surface area contributed by atoms with Crippen LogP contribution in [0.3, 0.4) is 0 Å². The van der Waals surface area contributed by atoms with Crippen LogP contribution in [0.2, 0.25) is 0 Å². The summed E-state index contributed by atoms with van der Waals surface area (Å²) in [6.45, 7) is 6.93. The van der Waals surface area contributed by atoms with Crippen molar-refractivity contribution < 1.29 is 4.52 Å². The molecule has 2 rings (SSSR count). The molecule has 0 amide bonds. The molecular formula is C15H20N2OS. The highest BCUT2D eigenvalue weighted by molar-refractivity contribution is 7.98. The van der Waals surface area contributed by atoms with Gasteiger partial charge in [-0.2, -0.15) is 0 Å². The third kappa shape index (κ3) is 3.39. The molecule has 0 aliphatic heterocycles. The van der Waals surface area contributed by atoms with Gasteiger partial charge in [0.15, 0.2) is 0 Å². The molecule has 1 aromatic carbocycles. The number of hydrogen-bond donors (Lipinski definition) is 1. The predicted octanol–water partition coefficient (Wildman–Crippen LogP) is 3.86. The highest BCUT2D eigenvalue weighted by Gasteiger charge is 2.15. The lowest BCUT2D eigenvalue weighted by molar-refractivity contribution is 0.390. The Morgan fingerprint density at radius 3 is 2.47 bits per heavy atom. The van der Waals surface area contributed by atoms with Crippen LogP contribution in [0.4, 0.5) is 0 Å². The summed E-state index contributed by atoms with van der Waals surface area (Å²) in [6.07, 6.45) is 2.09.